The molecule has 0 saturated heterocycles. The van der Waals surface area contributed by atoms with E-state index in [1.807, 2.05) is 59.5 Å². The normalized spacial score (nSPS) is 14.5. The van der Waals surface area contributed by atoms with E-state index in [1.54, 1.807) is 25.3 Å². The van der Waals surface area contributed by atoms with Crippen LogP contribution in [0.5, 0.6) is 11.5 Å². The number of nitrogens with zero attached hydrogens (tertiary/aromatic N) is 1. The number of carbonyl (C=O) groups is 1. The number of nitrogens with one attached hydrogen (secondary N) is 1. The molecule has 0 bridgehead atoms. The summed E-state index contributed by atoms with van der Waals surface area (Å²) in [5, 5.41) is 2.59. The van der Waals surface area contributed by atoms with Crippen LogP contribution in [0.4, 0.5) is 0 Å². The van der Waals surface area contributed by atoms with Crippen molar-refractivity contribution in [2.24, 2.45) is 0 Å². The maximum absolute atomic E-state index is 11.7. The topological polar surface area (TPSA) is 54.6 Å². The molecular formula is C28H26Cl2N2O3. The zero-order valence-corrected chi connectivity index (χ0v) is 20.9. The molecule has 1 unspecified atom stereocenters. The van der Waals surface area contributed by atoms with Crippen LogP contribution in [0.2, 0.25) is 10.0 Å². The Morgan fingerprint density at radius 2 is 1.71 bits per heavy atom. The van der Waals surface area contributed by atoms with Gasteiger partial charge in [-0.05, 0) is 72.1 Å². The van der Waals surface area contributed by atoms with E-state index in [-0.39, 0.29) is 6.04 Å². The van der Waals surface area contributed by atoms with Crippen molar-refractivity contribution >= 4 is 40.5 Å². The van der Waals surface area contributed by atoms with Gasteiger partial charge in [0.15, 0.2) is 0 Å². The number of aromatic amines is 1. The molecule has 0 aliphatic carbocycles. The molecule has 0 spiro atoms. The lowest BCUT2D eigenvalue weighted by Crippen LogP contribution is -2.34. The molecule has 1 aliphatic heterocycles. The number of hydrogen-bond acceptors (Lipinski definition) is 3. The molecule has 1 aliphatic rings. The van der Waals surface area contributed by atoms with Gasteiger partial charge in [-0.2, -0.15) is 0 Å². The number of halogens is 2. The molecule has 5 rings (SSSR count). The number of rotatable bonds is 6. The van der Waals surface area contributed by atoms with Gasteiger partial charge in [0, 0.05) is 33.2 Å². The average Bonchev–Trinajstić information content (AvgIpc) is 3.26. The molecule has 1 atom stereocenters. The minimum Gasteiger partial charge on any atom is -0.497 e. The van der Waals surface area contributed by atoms with Crippen LogP contribution in [0, 0.1) is 0 Å². The molecule has 4 aromatic rings. The van der Waals surface area contributed by atoms with Gasteiger partial charge in [0.2, 0.25) is 6.41 Å². The molecule has 1 N–H and O–H groups in total. The van der Waals surface area contributed by atoms with Crippen LogP contribution in [0.15, 0.2) is 79.4 Å². The summed E-state index contributed by atoms with van der Waals surface area (Å²) in [5.74, 6) is 1.62. The van der Waals surface area contributed by atoms with Gasteiger partial charge in [-0.15, -0.1) is 0 Å². The standard InChI is InChI=1S/C21H19ClN2O2.C7H7ClO/c1-2-11-26-16-6-3-14(4-7-16)21-20-17(9-10-24(21)13-25)18-12-15(22)5-8-19(18)23-20;1-9-7-4-2-6(8)3-5-7/h2-8,12-13,21,23H,1,9-11H2;2-5H,1H3. The summed E-state index contributed by atoms with van der Waals surface area (Å²) in [4.78, 5) is 17.0. The molecule has 1 amide bonds. The van der Waals surface area contributed by atoms with Gasteiger partial charge >= 0.3 is 0 Å². The molecule has 1 aromatic heterocycles. The number of fused-ring (bicyclic) bond motifs is 3. The van der Waals surface area contributed by atoms with Crippen LogP contribution in [0.1, 0.15) is 22.9 Å². The number of aromatic nitrogens is 1. The number of carbonyl (C=O) groups excluding carboxylic acids is 1. The predicted molar refractivity (Wildman–Crippen MR) is 142 cm³/mol. The van der Waals surface area contributed by atoms with Gasteiger partial charge in [-0.25, -0.2) is 0 Å². The number of H-pyrrole nitrogens is 1. The van der Waals surface area contributed by atoms with Crippen LogP contribution in [-0.2, 0) is 11.2 Å². The molecule has 7 heteroatoms. The second-order valence-corrected chi connectivity index (χ2v) is 8.90. The van der Waals surface area contributed by atoms with Crippen molar-refractivity contribution in [3.05, 3.63) is 106 Å². The second-order valence-electron chi connectivity index (χ2n) is 8.03. The molecule has 2 heterocycles. The minimum atomic E-state index is -0.143. The minimum absolute atomic E-state index is 0.143. The Bertz CT molecular complexity index is 1300. The van der Waals surface area contributed by atoms with Crippen LogP contribution < -0.4 is 9.47 Å². The zero-order chi connectivity index (χ0) is 24.8. The molecule has 0 saturated carbocycles. The first kappa shape index (κ1) is 24.7. The first-order valence-corrected chi connectivity index (χ1v) is 11.9. The highest BCUT2D eigenvalue weighted by molar-refractivity contribution is 6.31. The summed E-state index contributed by atoms with van der Waals surface area (Å²) < 4.78 is 10.5. The van der Waals surface area contributed by atoms with Gasteiger partial charge in [-0.3, -0.25) is 4.79 Å². The smallest absolute Gasteiger partial charge is 0.210 e. The van der Waals surface area contributed by atoms with E-state index < -0.39 is 0 Å². The van der Waals surface area contributed by atoms with Crippen LogP contribution in [0.25, 0.3) is 10.9 Å². The van der Waals surface area contributed by atoms with Gasteiger partial charge < -0.3 is 19.4 Å². The highest BCUT2D eigenvalue weighted by Crippen LogP contribution is 2.38. The highest BCUT2D eigenvalue weighted by atomic mass is 35.5. The Morgan fingerprint density at radius 3 is 2.37 bits per heavy atom. The summed E-state index contributed by atoms with van der Waals surface area (Å²) in [5.41, 5.74) is 4.38. The Balaban J connectivity index is 0.000000271. The summed E-state index contributed by atoms with van der Waals surface area (Å²) in [7, 11) is 1.63. The van der Waals surface area contributed by atoms with Crippen molar-refractivity contribution < 1.29 is 14.3 Å². The monoisotopic (exact) mass is 508 g/mol. The number of benzene rings is 3. The fourth-order valence-corrected chi connectivity index (χ4v) is 4.52. The number of methoxy groups -OCH3 is 1. The van der Waals surface area contributed by atoms with Crippen molar-refractivity contribution in [3.63, 3.8) is 0 Å². The maximum atomic E-state index is 11.7. The van der Waals surface area contributed by atoms with E-state index in [2.05, 4.69) is 11.6 Å². The number of ether oxygens (including phenoxy) is 2. The lowest BCUT2D eigenvalue weighted by molar-refractivity contribution is -0.120. The largest absolute Gasteiger partial charge is 0.497 e. The van der Waals surface area contributed by atoms with Crippen LogP contribution in [-0.4, -0.2) is 36.6 Å². The Hall–Kier alpha value is -3.41. The summed E-state index contributed by atoms with van der Waals surface area (Å²) in [6.45, 7) is 4.80. The first-order valence-electron chi connectivity index (χ1n) is 11.2. The van der Waals surface area contributed by atoms with Gasteiger partial charge in [0.05, 0.1) is 13.2 Å². The fraction of sp³-hybridized carbons (Fsp3) is 0.179. The van der Waals surface area contributed by atoms with Crippen molar-refractivity contribution in [1.82, 2.24) is 9.88 Å². The lowest BCUT2D eigenvalue weighted by Gasteiger charge is -2.33. The number of amides is 1. The van der Waals surface area contributed by atoms with E-state index in [0.717, 1.165) is 56.5 Å². The molecule has 35 heavy (non-hydrogen) atoms. The highest BCUT2D eigenvalue weighted by Gasteiger charge is 2.31. The van der Waals surface area contributed by atoms with Crippen molar-refractivity contribution in [1.29, 1.82) is 0 Å². The van der Waals surface area contributed by atoms with Crippen molar-refractivity contribution in [2.45, 2.75) is 12.5 Å². The summed E-state index contributed by atoms with van der Waals surface area (Å²) in [6.07, 6.45) is 3.45. The lowest BCUT2D eigenvalue weighted by atomic mass is 9.93. The SMILES string of the molecule is C=CCOc1ccc(C2c3[nH]c4ccc(Cl)cc4c3CCN2C=O)cc1.COc1ccc(Cl)cc1. The first-order chi connectivity index (χ1) is 17.0. The predicted octanol–water partition coefficient (Wildman–Crippen LogP) is 6.84. The molecule has 3 aromatic carbocycles. The summed E-state index contributed by atoms with van der Waals surface area (Å²) in [6, 6.07) is 20.8. The quantitative estimate of drug-likeness (QED) is 0.229. The third-order valence-corrected chi connectivity index (χ3v) is 6.36. The van der Waals surface area contributed by atoms with Crippen LogP contribution in [0.3, 0.4) is 0 Å². The fourth-order valence-electron chi connectivity index (χ4n) is 4.22. The van der Waals surface area contributed by atoms with E-state index in [4.69, 9.17) is 32.7 Å². The maximum Gasteiger partial charge on any atom is 0.210 e. The zero-order valence-electron chi connectivity index (χ0n) is 19.3. The van der Waals surface area contributed by atoms with Gasteiger partial charge in [-0.1, -0.05) is 48.0 Å². The Morgan fingerprint density at radius 1 is 1.03 bits per heavy atom. The molecular weight excluding hydrogens is 483 g/mol. The van der Waals surface area contributed by atoms with E-state index in [0.29, 0.717) is 13.2 Å². The average molecular weight is 509 g/mol. The van der Waals surface area contributed by atoms with E-state index in [1.165, 1.54) is 5.56 Å². The molecule has 0 radical (unpaired) electrons. The van der Waals surface area contributed by atoms with Gasteiger partial charge in [0.25, 0.3) is 0 Å². The molecule has 0 fully saturated rings. The van der Waals surface area contributed by atoms with Crippen molar-refractivity contribution in [2.75, 3.05) is 20.3 Å². The number of hydrogen-bond donors (Lipinski definition) is 1. The molecule has 180 valence electrons. The third-order valence-electron chi connectivity index (χ3n) is 5.87. The van der Waals surface area contributed by atoms with Gasteiger partial charge in [0.1, 0.15) is 18.1 Å². The second kappa shape index (κ2) is 11.3. The Kier molecular flexibility index (Phi) is 8.01. The summed E-state index contributed by atoms with van der Waals surface area (Å²) >= 11 is 11.8. The third kappa shape index (κ3) is 5.64. The Labute approximate surface area is 214 Å². The molecule has 5 nitrogen and oxygen atoms in total. The van der Waals surface area contributed by atoms with E-state index >= 15 is 0 Å². The van der Waals surface area contributed by atoms with E-state index in [9.17, 15) is 4.79 Å². The van der Waals surface area contributed by atoms with Crippen molar-refractivity contribution in [3.8, 4) is 11.5 Å². The van der Waals surface area contributed by atoms with Crippen LogP contribution >= 0.6 is 23.2 Å².